The average Bonchev–Trinajstić information content (AvgIpc) is 2.69. The number of rotatable bonds is 2. The predicted octanol–water partition coefficient (Wildman–Crippen LogP) is 1.80. The number of aryl methyl sites for hydroxylation is 1. The molecule has 0 aliphatic carbocycles. The molecule has 21 heavy (non-hydrogen) atoms. The zero-order chi connectivity index (χ0) is 16.0. The predicted molar refractivity (Wildman–Crippen MR) is 76.9 cm³/mol. The van der Waals surface area contributed by atoms with Gasteiger partial charge in [-0.05, 0) is 51.3 Å². The summed E-state index contributed by atoms with van der Waals surface area (Å²) in [6.07, 6.45) is 1.77. The van der Waals surface area contributed by atoms with Crippen LogP contribution >= 0.6 is 0 Å². The molecular formula is C14H19FN2O3S. The van der Waals surface area contributed by atoms with Crippen molar-refractivity contribution in [3.05, 3.63) is 29.1 Å². The molecule has 0 saturated carbocycles. The first-order chi connectivity index (χ1) is 9.54. The van der Waals surface area contributed by atoms with Gasteiger partial charge in [-0.15, -0.1) is 0 Å². The van der Waals surface area contributed by atoms with Crippen LogP contribution in [0.15, 0.2) is 17.0 Å². The Morgan fingerprint density at radius 1 is 1.38 bits per heavy atom. The molecule has 116 valence electrons. The van der Waals surface area contributed by atoms with Crippen molar-refractivity contribution in [3.8, 4) is 0 Å². The van der Waals surface area contributed by atoms with Crippen LogP contribution < -0.4 is 5.14 Å². The highest BCUT2D eigenvalue weighted by molar-refractivity contribution is 7.89. The lowest BCUT2D eigenvalue weighted by Crippen LogP contribution is -2.42. The van der Waals surface area contributed by atoms with Gasteiger partial charge in [-0.25, -0.2) is 17.9 Å². The molecule has 1 aliphatic heterocycles. The van der Waals surface area contributed by atoms with Gasteiger partial charge in [0.1, 0.15) is 10.7 Å². The van der Waals surface area contributed by atoms with Crippen LogP contribution in [0.5, 0.6) is 0 Å². The highest BCUT2D eigenvalue weighted by Gasteiger charge is 2.36. The number of primary sulfonamides is 1. The Bertz CT molecular complexity index is 698. The molecule has 2 rings (SSSR count). The van der Waals surface area contributed by atoms with E-state index in [9.17, 15) is 17.6 Å². The lowest BCUT2D eigenvalue weighted by atomic mass is 10.0. The van der Waals surface area contributed by atoms with Crippen molar-refractivity contribution in [3.63, 3.8) is 0 Å². The van der Waals surface area contributed by atoms with Crippen LogP contribution in [0.1, 0.15) is 42.6 Å². The summed E-state index contributed by atoms with van der Waals surface area (Å²) in [6.45, 7) is 5.92. The van der Waals surface area contributed by atoms with E-state index in [-0.39, 0.29) is 22.6 Å². The van der Waals surface area contributed by atoms with Gasteiger partial charge in [-0.1, -0.05) is 0 Å². The minimum absolute atomic E-state index is 0.0851. The third-order valence-electron chi connectivity index (χ3n) is 3.92. The third kappa shape index (κ3) is 2.94. The number of likely N-dealkylation sites (tertiary alicyclic amines) is 1. The van der Waals surface area contributed by atoms with Crippen molar-refractivity contribution in [1.29, 1.82) is 0 Å². The second-order valence-corrected chi connectivity index (χ2v) is 7.55. The number of amides is 1. The number of hydrogen-bond donors (Lipinski definition) is 1. The lowest BCUT2D eigenvalue weighted by molar-refractivity contribution is 0.0651. The normalized spacial score (nSPS) is 18.0. The summed E-state index contributed by atoms with van der Waals surface area (Å²) in [5.41, 5.74) is -0.0593. The van der Waals surface area contributed by atoms with Crippen LogP contribution in [0.4, 0.5) is 4.39 Å². The second kappa shape index (κ2) is 5.06. The quantitative estimate of drug-likeness (QED) is 0.904. The number of nitrogens with two attached hydrogens (primary N) is 1. The highest BCUT2D eigenvalue weighted by atomic mass is 32.2. The van der Waals surface area contributed by atoms with Crippen molar-refractivity contribution in [2.45, 2.75) is 44.0 Å². The monoisotopic (exact) mass is 314 g/mol. The van der Waals surface area contributed by atoms with Gasteiger partial charge in [0.2, 0.25) is 10.0 Å². The molecule has 1 saturated heterocycles. The number of halogens is 1. The Kier molecular flexibility index (Phi) is 3.84. The van der Waals surface area contributed by atoms with Crippen molar-refractivity contribution >= 4 is 15.9 Å². The molecule has 0 spiro atoms. The van der Waals surface area contributed by atoms with Crippen LogP contribution in [0, 0.1) is 12.7 Å². The summed E-state index contributed by atoms with van der Waals surface area (Å²) in [6, 6.07) is 2.38. The largest absolute Gasteiger partial charge is 0.334 e. The number of nitrogens with zero attached hydrogens (tertiary/aromatic N) is 1. The third-order valence-corrected chi connectivity index (χ3v) is 4.83. The number of sulfonamides is 1. The van der Waals surface area contributed by atoms with Crippen LogP contribution in [0.3, 0.4) is 0 Å². The molecule has 0 aromatic heterocycles. The Hall–Kier alpha value is -1.47. The fourth-order valence-electron chi connectivity index (χ4n) is 2.71. The maximum absolute atomic E-state index is 13.9. The van der Waals surface area contributed by atoms with E-state index in [4.69, 9.17) is 5.14 Å². The van der Waals surface area contributed by atoms with Gasteiger partial charge in [0.15, 0.2) is 0 Å². The van der Waals surface area contributed by atoms with E-state index < -0.39 is 20.7 Å². The first kappa shape index (κ1) is 15.9. The second-order valence-electron chi connectivity index (χ2n) is 6.02. The Morgan fingerprint density at radius 3 is 2.48 bits per heavy atom. The Balaban J connectivity index is 2.51. The molecule has 0 atom stereocenters. The van der Waals surface area contributed by atoms with Crippen molar-refractivity contribution in [2.75, 3.05) is 6.54 Å². The molecule has 0 bridgehead atoms. The zero-order valence-electron chi connectivity index (χ0n) is 12.3. The van der Waals surface area contributed by atoms with E-state index in [2.05, 4.69) is 0 Å². The number of hydrogen-bond acceptors (Lipinski definition) is 3. The summed E-state index contributed by atoms with van der Waals surface area (Å²) in [5.74, 6) is -1.21. The standard InChI is InChI=1S/C14H19FN2O3S/c1-9-7-10(8-11(12(9)15)21(16,19)20)13(18)17-6-4-5-14(17,2)3/h7-8H,4-6H2,1-3H3,(H2,16,19,20). The molecule has 1 fully saturated rings. The minimum Gasteiger partial charge on any atom is -0.334 e. The molecular weight excluding hydrogens is 295 g/mol. The molecule has 1 aromatic rings. The molecule has 1 aromatic carbocycles. The fraction of sp³-hybridized carbons (Fsp3) is 0.500. The van der Waals surface area contributed by atoms with Gasteiger partial charge in [-0.2, -0.15) is 0 Å². The van der Waals surface area contributed by atoms with E-state index in [1.165, 1.54) is 13.0 Å². The van der Waals surface area contributed by atoms with Gasteiger partial charge in [0.25, 0.3) is 5.91 Å². The van der Waals surface area contributed by atoms with E-state index >= 15 is 0 Å². The fourth-order valence-corrected chi connectivity index (χ4v) is 3.41. The number of benzene rings is 1. The maximum Gasteiger partial charge on any atom is 0.254 e. The SMILES string of the molecule is Cc1cc(C(=O)N2CCCC2(C)C)cc(S(N)(=O)=O)c1F. The van der Waals surface area contributed by atoms with Gasteiger partial charge < -0.3 is 4.90 Å². The number of carbonyl (C=O) groups excluding carboxylic acids is 1. The summed E-state index contributed by atoms with van der Waals surface area (Å²) >= 11 is 0. The van der Waals surface area contributed by atoms with Gasteiger partial charge in [0, 0.05) is 17.6 Å². The molecule has 1 aliphatic rings. The van der Waals surface area contributed by atoms with Gasteiger partial charge in [-0.3, -0.25) is 4.79 Å². The smallest absolute Gasteiger partial charge is 0.254 e. The van der Waals surface area contributed by atoms with Crippen molar-refractivity contribution < 1.29 is 17.6 Å². The topological polar surface area (TPSA) is 80.5 Å². The van der Waals surface area contributed by atoms with Crippen LogP contribution in [0.2, 0.25) is 0 Å². The van der Waals surface area contributed by atoms with E-state index in [0.29, 0.717) is 6.54 Å². The van der Waals surface area contributed by atoms with Crippen LogP contribution in [0.25, 0.3) is 0 Å². The van der Waals surface area contributed by atoms with E-state index in [0.717, 1.165) is 18.9 Å². The first-order valence-corrected chi connectivity index (χ1v) is 8.23. The summed E-state index contributed by atoms with van der Waals surface area (Å²) in [5, 5.41) is 5.01. The molecule has 5 nitrogen and oxygen atoms in total. The Labute approximate surface area is 124 Å². The number of carbonyl (C=O) groups is 1. The molecule has 0 radical (unpaired) electrons. The summed E-state index contributed by atoms with van der Waals surface area (Å²) in [4.78, 5) is 13.6. The van der Waals surface area contributed by atoms with E-state index in [1.807, 2.05) is 13.8 Å². The zero-order valence-corrected chi connectivity index (χ0v) is 13.1. The van der Waals surface area contributed by atoms with Crippen molar-refractivity contribution in [1.82, 2.24) is 4.90 Å². The van der Waals surface area contributed by atoms with Crippen LogP contribution in [-0.4, -0.2) is 31.3 Å². The van der Waals surface area contributed by atoms with Gasteiger partial charge in [0.05, 0.1) is 0 Å². The Morgan fingerprint density at radius 2 is 2.00 bits per heavy atom. The van der Waals surface area contributed by atoms with Gasteiger partial charge >= 0.3 is 0 Å². The molecule has 0 unspecified atom stereocenters. The molecule has 2 N–H and O–H groups in total. The minimum atomic E-state index is -4.21. The molecule has 1 amide bonds. The average molecular weight is 314 g/mol. The van der Waals surface area contributed by atoms with Crippen molar-refractivity contribution in [2.24, 2.45) is 5.14 Å². The maximum atomic E-state index is 13.9. The summed E-state index contributed by atoms with van der Waals surface area (Å²) in [7, 11) is -4.21. The molecule has 1 heterocycles. The van der Waals surface area contributed by atoms with Crippen LogP contribution in [-0.2, 0) is 10.0 Å². The lowest BCUT2D eigenvalue weighted by Gasteiger charge is -2.31. The van der Waals surface area contributed by atoms with E-state index in [1.54, 1.807) is 4.90 Å². The highest BCUT2D eigenvalue weighted by Crippen LogP contribution is 2.30. The molecule has 7 heteroatoms. The summed E-state index contributed by atoms with van der Waals surface area (Å²) < 4.78 is 36.8. The first-order valence-electron chi connectivity index (χ1n) is 6.69.